The second kappa shape index (κ2) is 3.99. The van der Waals surface area contributed by atoms with E-state index in [1.165, 1.54) is 12.1 Å². The molecule has 1 aromatic heterocycles. The second-order valence-electron chi connectivity index (χ2n) is 3.88. The van der Waals surface area contributed by atoms with Gasteiger partial charge in [0.2, 0.25) is 0 Å². The average Bonchev–Trinajstić information content (AvgIpc) is 2.56. The van der Waals surface area contributed by atoms with Crippen molar-refractivity contribution in [3.63, 3.8) is 0 Å². The van der Waals surface area contributed by atoms with Crippen molar-refractivity contribution in [1.29, 1.82) is 0 Å². The van der Waals surface area contributed by atoms with E-state index in [4.69, 9.17) is 0 Å². The minimum Gasteiger partial charge on any atom is -0.258 e. The van der Waals surface area contributed by atoms with Crippen molar-refractivity contribution in [2.45, 2.75) is 13.8 Å². The van der Waals surface area contributed by atoms with Crippen LogP contribution in [0.3, 0.4) is 0 Å². The van der Waals surface area contributed by atoms with Gasteiger partial charge in [0.15, 0.2) is 0 Å². The first-order chi connectivity index (χ1) is 8.41. The van der Waals surface area contributed by atoms with Crippen LogP contribution in [0.2, 0.25) is 0 Å². The minimum absolute atomic E-state index is 0.0150. The van der Waals surface area contributed by atoms with Crippen LogP contribution in [-0.2, 0) is 0 Å². The number of nitrogens with one attached hydrogen (secondary N) is 2. The van der Waals surface area contributed by atoms with Crippen LogP contribution in [0.25, 0.3) is 5.69 Å². The summed E-state index contributed by atoms with van der Waals surface area (Å²) < 4.78 is 0.879. The third kappa shape index (κ3) is 1.73. The highest BCUT2D eigenvalue weighted by atomic mass is 16.6. The van der Waals surface area contributed by atoms with Gasteiger partial charge < -0.3 is 0 Å². The fourth-order valence-corrected chi connectivity index (χ4v) is 1.90. The lowest BCUT2D eigenvalue weighted by Gasteiger charge is -2.05. The maximum Gasteiger partial charge on any atom is 0.348 e. The predicted octanol–water partition coefficient (Wildman–Crippen LogP) is 0.379. The summed E-state index contributed by atoms with van der Waals surface area (Å²) >= 11 is 0. The molecule has 8 heteroatoms. The first-order valence-corrected chi connectivity index (χ1v) is 5.07. The van der Waals surface area contributed by atoms with Crippen LogP contribution in [0.1, 0.15) is 11.1 Å². The van der Waals surface area contributed by atoms with Crippen molar-refractivity contribution in [3.05, 3.63) is 54.3 Å². The van der Waals surface area contributed by atoms with E-state index in [1.807, 2.05) is 0 Å². The zero-order valence-corrected chi connectivity index (χ0v) is 9.68. The van der Waals surface area contributed by atoms with Crippen LogP contribution < -0.4 is 11.4 Å². The van der Waals surface area contributed by atoms with Gasteiger partial charge in [0, 0.05) is 11.1 Å². The molecular formula is C10H10N4O4. The zero-order chi connectivity index (χ0) is 13.4. The topological polar surface area (TPSA) is 114 Å². The highest BCUT2D eigenvalue weighted by Gasteiger charge is 2.17. The molecule has 2 rings (SSSR count). The van der Waals surface area contributed by atoms with Gasteiger partial charge in [-0.15, -0.1) is 0 Å². The Morgan fingerprint density at radius 2 is 1.56 bits per heavy atom. The van der Waals surface area contributed by atoms with E-state index in [1.54, 1.807) is 13.8 Å². The van der Waals surface area contributed by atoms with E-state index in [0.717, 1.165) is 4.57 Å². The molecule has 8 nitrogen and oxygen atoms in total. The van der Waals surface area contributed by atoms with Crippen molar-refractivity contribution < 1.29 is 4.92 Å². The SMILES string of the molecule is Cc1cc(-n2c(=O)[nH][nH]c2=O)cc(C)c1[N+](=O)[O-]. The highest BCUT2D eigenvalue weighted by Crippen LogP contribution is 2.25. The van der Waals surface area contributed by atoms with Gasteiger partial charge in [-0.05, 0) is 26.0 Å². The monoisotopic (exact) mass is 250 g/mol. The molecule has 0 saturated carbocycles. The standard InChI is InChI=1S/C10H10N4O4/c1-5-3-7(4-6(2)8(5)14(17)18)13-9(15)11-12-10(13)16/h3-4H,1-2H3,(H,11,15)(H,12,16). The normalized spacial score (nSPS) is 10.6. The number of aryl methyl sites for hydroxylation is 2. The van der Waals surface area contributed by atoms with Crippen molar-refractivity contribution >= 4 is 5.69 Å². The highest BCUT2D eigenvalue weighted by molar-refractivity contribution is 5.53. The Bertz CT molecular complexity index is 686. The third-order valence-corrected chi connectivity index (χ3v) is 2.60. The Kier molecular flexibility index (Phi) is 2.62. The Morgan fingerprint density at radius 1 is 1.11 bits per heavy atom. The van der Waals surface area contributed by atoms with Crippen molar-refractivity contribution in [2.24, 2.45) is 0 Å². The fraction of sp³-hybridized carbons (Fsp3) is 0.200. The number of nitro benzene ring substituents is 1. The van der Waals surface area contributed by atoms with Gasteiger partial charge in [0.25, 0.3) is 5.69 Å². The summed E-state index contributed by atoms with van der Waals surface area (Å²) in [4.78, 5) is 33.2. The molecule has 2 aromatic rings. The van der Waals surface area contributed by atoms with Crippen LogP contribution >= 0.6 is 0 Å². The molecule has 0 radical (unpaired) electrons. The van der Waals surface area contributed by atoms with E-state index < -0.39 is 16.3 Å². The largest absolute Gasteiger partial charge is 0.348 e. The molecule has 0 spiro atoms. The molecule has 0 unspecified atom stereocenters. The van der Waals surface area contributed by atoms with Gasteiger partial charge in [0.1, 0.15) is 0 Å². The van der Waals surface area contributed by atoms with Gasteiger partial charge in [0.05, 0.1) is 10.6 Å². The summed E-state index contributed by atoms with van der Waals surface area (Å²) in [5.41, 5.74) is -0.174. The lowest BCUT2D eigenvalue weighted by atomic mass is 10.1. The molecule has 0 aliphatic carbocycles. The number of aromatic nitrogens is 3. The number of rotatable bonds is 2. The summed E-state index contributed by atoms with van der Waals surface area (Å²) in [6.45, 7) is 3.11. The molecule has 94 valence electrons. The maximum atomic E-state index is 11.4. The molecule has 1 aromatic carbocycles. The first-order valence-electron chi connectivity index (χ1n) is 5.07. The quantitative estimate of drug-likeness (QED) is 0.592. The minimum atomic E-state index is -0.618. The van der Waals surface area contributed by atoms with Gasteiger partial charge >= 0.3 is 11.4 Å². The fourth-order valence-electron chi connectivity index (χ4n) is 1.90. The van der Waals surface area contributed by atoms with Crippen LogP contribution in [0.4, 0.5) is 5.69 Å². The first kappa shape index (κ1) is 11.8. The molecule has 0 amide bonds. The van der Waals surface area contributed by atoms with Crippen molar-refractivity contribution in [1.82, 2.24) is 14.8 Å². The Balaban J connectivity index is 2.74. The van der Waals surface area contributed by atoms with Gasteiger partial charge in [-0.1, -0.05) is 0 Å². The average molecular weight is 250 g/mol. The van der Waals surface area contributed by atoms with E-state index in [0.29, 0.717) is 16.8 Å². The predicted molar refractivity (Wildman–Crippen MR) is 63.1 cm³/mol. The Morgan fingerprint density at radius 3 is 1.94 bits per heavy atom. The van der Waals surface area contributed by atoms with Gasteiger partial charge in [-0.25, -0.2) is 24.4 Å². The number of hydrogen-bond acceptors (Lipinski definition) is 4. The number of benzene rings is 1. The second-order valence-corrected chi connectivity index (χ2v) is 3.88. The molecule has 1 heterocycles. The van der Waals surface area contributed by atoms with E-state index >= 15 is 0 Å². The molecule has 0 aliphatic heterocycles. The molecule has 0 saturated heterocycles. The molecule has 0 fully saturated rings. The summed E-state index contributed by atoms with van der Waals surface area (Å²) in [5.74, 6) is 0. The number of aromatic amines is 2. The molecule has 0 aliphatic rings. The lowest BCUT2D eigenvalue weighted by Crippen LogP contribution is -2.24. The van der Waals surface area contributed by atoms with Crippen LogP contribution in [-0.4, -0.2) is 19.7 Å². The van der Waals surface area contributed by atoms with E-state index in [2.05, 4.69) is 10.2 Å². The molecular weight excluding hydrogens is 240 g/mol. The Hall–Kier alpha value is -2.64. The zero-order valence-electron chi connectivity index (χ0n) is 9.68. The van der Waals surface area contributed by atoms with Crippen LogP contribution in [0.5, 0.6) is 0 Å². The lowest BCUT2D eigenvalue weighted by molar-refractivity contribution is -0.386. The number of nitrogens with zero attached hydrogens (tertiary/aromatic N) is 2. The summed E-state index contributed by atoms with van der Waals surface area (Å²) in [6, 6.07) is 2.85. The van der Waals surface area contributed by atoms with E-state index in [-0.39, 0.29) is 5.69 Å². The van der Waals surface area contributed by atoms with E-state index in [9.17, 15) is 19.7 Å². The van der Waals surface area contributed by atoms with Gasteiger partial charge in [-0.2, -0.15) is 0 Å². The number of hydrogen-bond donors (Lipinski definition) is 2. The number of H-pyrrole nitrogens is 2. The number of nitro groups is 1. The van der Waals surface area contributed by atoms with Crippen molar-refractivity contribution in [2.75, 3.05) is 0 Å². The summed E-state index contributed by atoms with van der Waals surface area (Å²) in [6.07, 6.45) is 0. The molecule has 0 bridgehead atoms. The third-order valence-electron chi connectivity index (χ3n) is 2.60. The van der Waals surface area contributed by atoms with Crippen LogP contribution in [0, 0.1) is 24.0 Å². The van der Waals surface area contributed by atoms with Gasteiger partial charge in [-0.3, -0.25) is 10.1 Å². The van der Waals surface area contributed by atoms with Crippen molar-refractivity contribution in [3.8, 4) is 5.69 Å². The molecule has 18 heavy (non-hydrogen) atoms. The molecule has 0 atom stereocenters. The Labute approximate surface area is 100 Å². The molecule has 2 N–H and O–H groups in total. The smallest absolute Gasteiger partial charge is 0.258 e. The summed E-state index contributed by atoms with van der Waals surface area (Å²) in [7, 11) is 0. The summed E-state index contributed by atoms with van der Waals surface area (Å²) in [5, 5.41) is 15.1. The van der Waals surface area contributed by atoms with Crippen LogP contribution in [0.15, 0.2) is 21.7 Å². The maximum absolute atomic E-state index is 11.4.